The Hall–Kier alpha value is -3.28. The van der Waals surface area contributed by atoms with Gasteiger partial charge in [-0.25, -0.2) is 4.39 Å². The zero-order valence-electron chi connectivity index (χ0n) is 22.1. The smallest absolute Gasteiger partial charge is 0.255 e. The molecule has 0 radical (unpaired) electrons. The minimum absolute atomic E-state index is 0.00364. The number of hydrogen-bond acceptors (Lipinski definition) is 9. The summed E-state index contributed by atoms with van der Waals surface area (Å²) in [5, 5.41) is 44.4. The Kier molecular flexibility index (Phi) is 6.92. The Labute approximate surface area is 219 Å². The summed E-state index contributed by atoms with van der Waals surface area (Å²) in [5.41, 5.74) is 1.29. The van der Waals surface area contributed by atoms with E-state index in [9.17, 15) is 34.8 Å². The van der Waals surface area contributed by atoms with Crippen LogP contribution < -0.4 is 5.73 Å². The molecule has 0 aromatic heterocycles. The number of primary amides is 1. The molecule has 1 aromatic carbocycles. The van der Waals surface area contributed by atoms with Crippen LogP contribution in [0.4, 0.5) is 4.39 Å². The lowest BCUT2D eigenvalue weighted by atomic mass is 9.58. The second kappa shape index (κ2) is 9.48. The van der Waals surface area contributed by atoms with Crippen molar-refractivity contribution in [1.29, 1.82) is 0 Å². The predicted octanol–water partition coefficient (Wildman–Crippen LogP) is 1.35. The van der Waals surface area contributed by atoms with E-state index in [1.165, 1.54) is 11.0 Å². The van der Waals surface area contributed by atoms with Gasteiger partial charge in [-0.1, -0.05) is 13.8 Å². The van der Waals surface area contributed by atoms with Crippen molar-refractivity contribution < 1.29 is 39.2 Å². The molecule has 1 amide bonds. The van der Waals surface area contributed by atoms with Crippen LogP contribution >= 0.6 is 0 Å². The van der Waals surface area contributed by atoms with Gasteiger partial charge in [-0.05, 0) is 51.9 Å². The molecule has 4 rings (SSSR count). The number of nitrogens with zero attached hydrogens (tertiary/aromatic N) is 2. The number of halogens is 1. The Balaban J connectivity index is 1.86. The van der Waals surface area contributed by atoms with E-state index in [2.05, 4.69) is 0 Å². The van der Waals surface area contributed by atoms with E-state index in [1.54, 1.807) is 14.1 Å². The number of rotatable bonds is 6. The highest BCUT2D eigenvalue weighted by atomic mass is 19.1. The monoisotopic (exact) mass is 531 g/mol. The van der Waals surface area contributed by atoms with Gasteiger partial charge in [-0.15, -0.1) is 0 Å². The third-order valence-corrected chi connectivity index (χ3v) is 7.85. The van der Waals surface area contributed by atoms with Crippen molar-refractivity contribution in [3.63, 3.8) is 0 Å². The van der Waals surface area contributed by atoms with Gasteiger partial charge in [-0.2, -0.15) is 0 Å². The lowest BCUT2D eigenvalue weighted by Gasteiger charge is -2.50. The number of nitrogens with two attached hydrogens (primary N) is 1. The van der Waals surface area contributed by atoms with Crippen molar-refractivity contribution in [3.8, 4) is 5.75 Å². The summed E-state index contributed by atoms with van der Waals surface area (Å²) in [6.45, 7) is 4.93. The highest BCUT2D eigenvalue weighted by Crippen LogP contribution is 2.52. The lowest BCUT2D eigenvalue weighted by Crippen LogP contribution is -2.63. The zero-order valence-corrected chi connectivity index (χ0v) is 22.1. The number of benzene rings is 1. The molecule has 0 bridgehead atoms. The quantitative estimate of drug-likeness (QED) is 0.341. The van der Waals surface area contributed by atoms with Gasteiger partial charge in [0.05, 0.1) is 11.6 Å². The number of Topliss-reactive ketones (excluding diaryl/α,β-unsaturated/α-hetero) is 2. The van der Waals surface area contributed by atoms with Crippen LogP contribution in [-0.2, 0) is 22.6 Å². The van der Waals surface area contributed by atoms with Gasteiger partial charge in [0, 0.05) is 35.7 Å². The summed E-state index contributed by atoms with van der Waals surface area (Å²) in [4.78, 5) is 42.3. The van der Waals surface area contributed by atoms with E-state index >= 15 is 4.39 Å². The summed E-state index contributed by atoms with van der Waals surface area (Å²) in [7, 11) is 4.92. The number of phenols is 1. The minimum Gasteiger partial charge on any atom is -0.510 e. The number of ketones is 2. The standard InChI is InChI=1S/C27H34FN3O7/c1-11(2)9-31(5)10-13-8-16(32)18-14(20(13)28)6-12-7-15-21(30(3)4)23(34)19(26(29)37)25(36)27(15,38)24(35)17(12)22(18)33/h8,11-12,15,21,32,34-35,38H,6-7,9-10H2,1-5H3,(H2,29,37)/t12-,15-,21-,27-/m0/s1. The van der Waals surface area contributed by atoms with Crippen LogP contribution in [0.5, 0.6) is 5.75 Å². The van der Waals surface area contributed by atoms with E-state index in [-0.39, 0.29) is 41.6 Å². The number of aliphatic hydroxyl groups is 3. The molecule has 3 aliphatic carbocycles. The second-order valence-corrected chi connectivity index (χ2v) is 11.3. The molecule has 0 aliphatic heterocycles. The number of allylic oxidation sites excluding steroid dienone is 1. The fourth-order valence-corrected chi connectivity index (χ4v) is 6.45. The first-order valence-electron chi connectivity index (χ1n) is 12.5. The number of aliphatic hydroxyl groups excluding tert-OH is 2. The van der Waals surface area contributed by atoms with Crippen LogP contribution in [-0.4, -0.2) is 87.0 Å². The predicted molar refractivity (Wildman–Crippen MR) is 135 cm³/mol. The van der Waals surface area contributed by atoms with Gasteiger partial charge in [0.15, 0.2) is 11.4 Å². The average molecular weight is 532 g/mol. The fourth-order valence-electron chi connectivity index (χ4n) is 6.45. The van der Waals surface area contributed by atoms with Crippen LogP contribution in [0, 0.1) is 23.6 Å². The second-order valence-electron chi connectivity index (χ2n) is 11.3. The molecule has 6 N–H and O–H groups in total. The molecule has 11 heteroatoms. The average Bonchev–Trinajstić information content (AvgIpc) is 2.78. The van der Waals surface area contributed by atoms with Gasteiger partial charge in [-0.3, -0.25) is 19.3 Å². The van der Waals surface area contributed by atoms with E-state index in [1.807, 2.05) is 25.8 Å². The van der Waals surface area contributed by atoms with E-state index in [0.29, 0.717) is 12.5 Å². The van der Waals surface area contributed by atoms with Crippen molar-refractivity contribution in [2.45, 2.75) is 44.9 Å². The molecule has 0 unspecified atom stereocenters. The fraction of sp³-hybridized carbons (Fsp3) is 0.519. The zero-order chi connectivity index (χ0) is 28.4. The van der Waals surface area contributed by atoms with Crippen LogP contribution in [0.25, 0.3) is 0 Å². The highest BCUT2D eigenvalue weighted by molar-refractivity contribution is 6.24. The molecule has 10 nitrogen and oxygen atoms in total. The normalized spacial score (nSPS) is 27.3. The maximum absolute atomic E-state index is 15.8. The molecule has 38 heavy (non-hydrogen) atoms. The van der Waals surface area contributed by atoms with Crippen molar-refractivity contribution >= 4 is 17.5 Å². The van der Waals surface area contributed by atoms with Crippen LogP contribution in [0.2, 0.25) is 0 Å². The molecule has 4 atom stereocenters. The Morgan fingerprint density at radius 2 is 1.84 bits per heavy atom. The van der Waals surface area contributed by atoms with Crippen molar-refractivity contribution in [2.75, 3.05) is 27.7 Å². The Morgan fingerprint density at radius 3 is 2.39 bits per heavy atom. The van der Waals surface area contributed by atoms with Gasteiger partial charge in [0.2, 0.25) is 5.78 Å². The van der Waals surface area contributed by atoms with Crippen LogP contribution in [0.15, 0.2) is 28.7 Å². The largest absolute Gasteiger partial charge is 0.510 e. The molecule has 0 fully saturated rings. The third-order valence-electron chi connectivity index (χ3n) is 7.85. The molecule has 1 aromatic rings. The summed E-state index contributed by atoms with van der Waals surface area (Å²) in [6, 6.07) is 0.0794. The first-order valence-corrected chi connectivity index (χ1v) is 12.5. The molecule has 0 spiro atoms. The van der Waals surface area contributed by atoms with Crippen LogP contribution in [0.3, 0.4) is 0 Å². The van der Waals surface area contributed by atoms with Gasteiger partial charge >= 0.3 is 0 Å². The molecular formula is C27H34FN3O7. The number of fused-ring (bicyclic) bond motifs is 3. The number of amides is 1. The van der Waals surface area contributed by atoms with Gasteiger partial charge in [0.1, 0.15) is 28.7 Å². The van der Waals surface area contributed by atoms with Crippen LogP contribution in [0.1, 0.15) is 41.8 Å². The van der Waals surface area contributed by atoms with Crippen molar-refractivity contribution in [3.05, 3.63) is 51.2 Å². The number of aromatic hydroxyl groups is 1. The first kappa shape index (κ1) is 27.7. The summed E-state index contributed by atoms with van der Waals surface area (Å²) >= 11 is 0. The van der Waals surface area contributed by atoms with Gasteiger partial charge < -0.3 is 31.1 Å². The summed E-state index contributed by atoms with van der Waals surface area (Å²) < 4.78 is 15.8. The molecule has 3 aliphatic rings. The van der Waals surface area contributed by atoms with Crippen molar-refractivity contribution in [2.24, 2.45) is 23.5 Å². The topological polar surface area (TPSA) is 165 Å². The van der Waals surface area contributed by atoms with Crippen molar-refractivity contribution in [1.82, 2.24) is 9.80 Å². The number of phenolic OH excluding ortho intramolecular Hbond substituents is 1. The molecule has 0 saturated carbocycles. The molecule has 0 saturated heterocycles. The SMILES string of the molecule is CC(C)CN(C)Cc1cc(O)c2c(c1F)C[C@H]1C[C@H]3[C@H](N(C)C)C(O)=C(C(N)=O)C(=O)[C@@]3(O)C(O)=C1C2=O. The third kappa shape index (κ3) is 4.00. The van der Waals surface area contributed by atoms with E-state index < -0.39 is 69.6 Å². The number of likely N-dealkylation sites (N-methyl/N-ethyl adjacent to an activating group) is 1. The number of carbonyl (C=O) groups is 3. The van der Waals surface area contributed by atoms with E-state index in [4.69, 9.17) is 5.73 Å². The minimum atomic E-state index is -2.72. The highest BCUT2D eigenvalue weighted by Gasteiger charge is 2.63. The lowest BCUT2D eigenvalue weighted by molar-refractivity contribution is -0.148. The molecule has 206 valence electrons. The maximum Gasteiger partial charge on any atom is 0.255 e. The number of hydrogen-bond donors (Lipinski definition) is 5. The molecular weight excluding hydrogens is 497 g/mol. The van der Waals surface area contributed by atoms with Gasteiger partial charge in [0.25, 0.3) is 5.91 Å². The van der Waals surface area contributed by atoms with E-state index in [0.717, 1.165) is 0 Å². The number of carbonyl (C=O) groups excluding carboxylic acids is 3. The first-order chi connectivity index (χ1) is 17.6. The maximum atomic E-state index is 15.8. The Morgan fingerprint density at radius 1 is 1.21 bits per heavy atom. The summed E-state index contributed by atoms with van der Waals surface area (Å²) in [6.07, 6.45) is -0.181. The molecule has 0 heterocycles. The Bertz CT molecular complexity index is 1300. The summed E-state index contributed by atoms with van der Waals surface area (Å²) in [5.74, 6) is -7.90.